The molecule has 1 aromatic heterocycles. The van der Waals surface area contributed by atoms with E-state index in [1.165, 1.54) is 0 Å². The minimum Gasteiger partial charge on any atom is -0.324 e. The zero-order chi connectivity index (χ0) is 13.7. The van der Waals surface area contributed by atoms with Crippen molar-refractivity contribution in [1.29, 1.82) is 0 Å². The standard InChI is InChI=1S/C14H18N4O.2ClH/c1-11(9-15-2)14(19)17-12-5-3-4-6-13(12)18-8-7-16-10-18;;/h3-8,10-11,15H,9H2,1-2H3,(H,17,19);2*1H. The molecule has 0 aliphatic rings. The number of nitrogens with one attached hydrogen (secondary N) is 2. The van der Waals surface area contributed by atoms with Gasteiger partial charge in [-0.3, -0.25) is 4.79 Å². The highest BCUT2D eigenvalue weighted by atomic mass is 35.5. The molecule has 2 rings (SSSR count). The zero-order valence-electron chi connectivity index (χ0n) is 11.9. The molecule has 0 aliphatic heterocycles. The van der Waals surface area contributed by atoms with E-state index in [-0.39, 0.29) is 36.6 Å². The fourth-order valence-corrected chi connectivity index (χ4v) is 1.86. The van der Waals surface area contributed by atoms with Gasteiger partial charge in [-0.05, 0) is 19.2 Å². The first-order valence-electron chi connectivity index (χ1n) is 6.25. The molecule has 0 radical (unpaired) electrons. The van der Waals surface area contributed by atoms with Crippen LogP contribution < -0.4 is 10.6 Å². The molecule has 0 spiro atoms. The molecule has 0 bridgehead atoms. The van der Waals surface area contributed by atoms with Gasteiger partial charge in [0.2, 0.25) is 5.91 Å². The lowest BCUT2D eigenvalue weighted by Gasteiger charge is -2.14. The summed E-state index contributed by atoms with van der Waals surface area (Å²) in [6, 6.07) is 7.67. The summed E-state index contributed by atoms with van der Waals surface area (Å²) in [6.45, 7) is 2.55. The van der Waals surface area contributed by atoms with Crippen molar-refractivity contribution in [3.8, 4) is 5.69 Å². The number of rotatable bonds is 5. The molecule has 0 aliphatic carbocycles. The SMILES string of the molecule is CNCC(C)C(=O)Nc1ccccc1-n1ccnc1.Cl.Cl. The quantitative estimate of drug-likeness (QED) is 0.885. The van der Waals surface area contributed by atoms with Crippen LogP contribution in [0.15, 0.2) is 43.0 Å². The maximum atomic E-state index is 12.0. The van der Waals surface area contributed by atoms with Gasteiger partial charge < -0.3 is 15.2 Å². The Morgan fingerprint density at radius 2 is 2.05 bits per heavy atom. The predicted octanol–water partition coefficient (Wildman–Crippen LogP) is 2.51. The Morgan fingerprint density at radius 3 is 2.67 bits per heavy atom. The summed E-state index contributed by atoms with van der Waals surface area (Å²) in [5.74, 6) is -0.0808. The maximum absolute atomic E-state index is 12.0. The topological polar surface area (TPSA) is 59.0 Å². The normalized spacial score (nSPS) is 11.0. The molecule has 0 fully saturated rings. The zero-order valence-corrected chi connectivity index (χ0v) is 13.6. The third-order valence-corrected chi connectivity index (χ3v) is 2.90. The minimum absolute atomic E-state index is 0. The Kier molecular flexibility index (Phi) is 8.69. The second-order valence-electron chi connectivity index (χ2n) is 4.44. The number of imidazole rings is 1. The Balaban J connectivity index is 0.00000200. The summed E-state index contributed by atoms with van der Waals surface area (Å²) >= 11 is 0. The molecule has 1 heterocycles. The molecular formula is C14H20Cl2N4O. The van der Waals surface area contributed by atoms with Crippen LogP contribution in [-0.2, 0) is 4.79 Å². The van der Waals surface area contributed by atoms with Crippen molar-refractivity contribution in [1.82, 2.24) is 14.9 Å². The van der Waals surface area contributed by atoms with Gasteiger partial charge in [0.15, 0.2) is 0 Å². The predicted molar refractivity (Wildman–Crippen MR) is 89.8 cm³/mol. The number of anilines is 1. The van der Waals surface area contributed by atoms with Crippen molar-refractivity contribution >= 4 is 36.4 Å². The fourth-order valence-electron chi connectivity index (χ4n) is 1.86. The lowest BCUT2D eigenvalue weighted by atomic mass is 10.1. The van der Waals surface area contributed by atoms with Crippen LogP contribution in [0.25, 0.3) is 5.69 Å². The molecule has 0 saturated carbocycles. The summed E-state index contributed by atoms with van der Waals surface area (Å²) in [5.41, 5.74) is 1.69. The number of carbonyl (C=O) groups excluding carboxylic acids is 1. The van der Waals surface area contributed by atoms with Gasteiger partial charge in [-0.2, -0.15) is 0 Å². The molecule has 1 aromatic carbocycles. The Morgan fingerprint density at radius 1 is 1.33 bits per heavy atom. The van der Waals surface area contributed by atoms with Crippen LogP contribution in [0.3, 0.4) is 0 Å². The van der Waals surface area contributed by atoms with Crippen molar-refractivity contribution in [2.45, 2.75) is 6.92 Å². The highest BCUT2D eigenvalue weighted by Crippen LogP contribution is 2.20. The molecule has 1 unspecified atom stereocenters. The summed E-state index contributed by atoms with van der Waals surface area (Å²) in [6.07, 6.45) is 5.27. The monoisotopic (exact) mass is 330 g/mol. The Bertz CT molecular complexity index is 546. The fraction of sp³-hybridized carbons (Fsp3) is 0.286. The van der Waals surface area contributed by atoms with Gasteiger partial charge in [0.05, 0.1) is 17.7 Å². The van der Waals surface area contributed by atoms with Crippen molar-refractivity contribution < 1.29 is 4.79 Å². The van der Waals surface area contributed by atoms with Crippen LogP contribution in [0.1, 0.15) is 6.92 Å². The largest absolute Gasteiger partial charge is 0.324 e. The maximum Gasteiger partial charge on any atom is 0.228 e. The van der Waals surface area contributed by atoms with E-state index in [0.29, 0.717) is 6.54 Å². The van der Waals surface area contributed by atoms with Gasteiger partial charge in [0.25, 0.3) is 0 Å². The number of aromatic nitrogens is 2. The van der Waals surface area contributed by atoms with Gasteiger partial charge in [0.1, 0.15) is 0 Å². The number of benzene rings is 1. The molecule has 0 saturated heterocycles. The summed E-state index contributed by atoms with van der Waals surface area (Å²) in [4.78, 5) is 16.1. The third kappa shape index (κ3) is 5.04. The van der Waals surface area contributed by atoms with Crippen LogP contribution >= 0.6 is 24.8 Å². The first kappa shape index (κ1) is 19.4. The van der Waals surface area contributed by atoms with E-state index in [2.05, 4.69) is 15.6 Å². The van der Waals surface area contributed by atoms with Crippen LogP contribution in [0.4, 0.5) is 5.69 Å². The van der Waals surface area contributed by atoms with Gasteiger partial charge in [-0.25, -0.2) is 4.98 Å². The number of para-hydroxylation sites is 2. The van der Waals surface area contributed by atoms with Crippen molar-refractivity contribution in [3.63, 3.8) is 0 Å². The number of amides is 1. The smallest absolute Gasteiger partial charge is 0.228 e. The molecule has 116 valence electrons. The van der Waals surface area contributed by atoms with E-state index in [1.807, 2.05) is 49.0 Å². The highest BCUT2D eigenvalue weighted by molar-refractivity contribution is 5.94. The second-order valence-corrected chi connectivity index (χ2v) is 4.44. The van der Waals surface area contributed by atoms with Gasteiger partial charge in [-0.15, -0.1) is 24.8 Å². The summed E-state index contributed by atoms with van der Waals surface area (Å²) in [5, 5.41) is 5.96. The molecule has 2 N–H and O–H groups in total. The number of nitrogens with zero attached hydrogens (tertiary/aromatic N) is 2. The van der Waals surface area contributed by atoms with E-state index in [9.17, 15) is 4.79 Å². The first-order valence-corrected chi connectivity index (χ1v) is 6.25. The summed E-state index contributed by atoms with van der Waals surface area (Å²) in [7, 11) is 1.84. The van der Waals surface area contributed by atoms with Crippen molar-refractivity contribution in [2.24, 2.45) is 5.92 Å². The van der Waals surface area contributed by atoms with E-state index in [4.69, 9.17) is 0 Å². The molecular weight excluding hydrogens is 311 g/mol. The second kappa shape index (κ2) is 9.39. The Labute approximate surface area is 137 Å². The molecule has 2 aromatic rings. The summed E-state index contributed by atoms with van der Waals surface area (Å²) < 4.78 is 1.87. The Hall–Kier alpha value is -1.56. The van der Waals surface area contributed by atoms with Crippen molar-refractivity contribution in [3.05, 3.63) is 43.0 Å². The van der Waals surface area contributed by atoms with E-state index < -0.39 is 0 Å². The van der Waals surface area contributed by atoms with Gasteiger partial charge in [0, 0.05) is 24.9 Å². The molecule has 5 nitrogen and oxygen atoms in total. The van der Waals surface area contributed by atoms with Crippen LogP contribution in [0, 0.1) is 5.92 Å². The average molecular weight is 331 g/mol. The van der Waals surface area contributed by atoms with Crippen LogP contribution in [0.5, 0.6) is 0 Å². The van der Waals surface area contributed by atoms with E-state index >= 15 is 0 Å². The van der Waals surface area contributed by atoms with E-state index in [0.717, 1.165) is 11.4 Å². The van der Waals surface area contributed by atoms with Gasteiger partial charge >= 0.3 is 0 Å². The number of hydrogen-bond donors (Lipinski definition) is 2. The average Bonchev–Trinajstić information content (AvgIpc) is 2.93. The van der Waals surface area contributed by atoms with Crippen LogP contribution in [-0.4, -0.2) is 29.1 Å². The number of halogens is 2. The minimum atomic E-state index is -0.0826. The number of carbonyl (C=O) groups is 1. The third-order valence-electron chi connectivity index (χ3n) is 2.90. The molecule has 21 heavy (non-hydrogen) atoms. The van der Waals surface area contributed by atoms with Gasteiger partial charge in [-0.1, -0.05) is 19.1 Å². The highest BCUT2D eigenvalue weighted by Gasteiger charge is 2.13. The van der Waals surface area contributed by atoms with Crippen molar-refractivity contribution in [2.75, 3.05) is 18.9 Å². The molecule has 1 amide bonds. The first-order chi connectivity index (χ1) is 9.22. The molecule has 1 atom stereocenters. The lowest BCUT2D eigenvalue weighted by molar-refractivity contribution is -0.119. The lowest BCUT2D eigenvalue weighted by Crippen LogP contribution is -2.28. The van der Waals surface area contributed by atoms with E-state index in [1.54, 1.807) is 12.5 Å². The van der Waals surface area contributed by atoms with Crippen LogP contribution in [0.2, 0.25) is 0 Å². The number of hydrogen-bond acceptors (Lipinski definition) is 3. The molecule has 7 heteroatoms.